The molecule has 0 bridgehead atoms. The van der Waals surface area contributed by atoms with Gasteiger partial charge in [-0.1, -0.05) is 0 Å². The summed E-state index contributed by atoms with van der Waals surface area (Å²) >= 11 is 0. The van der Waals surface area contributed by atoms with Gasteiger partial charge in [-0.3, -0.25) is 4.79 Å². The highest BCUT2D eigenvalue weighted by Gasteiger charge is 2.34. The Morgan fingerprint density at radius 3 is 2.74 bits per heavy atom. The number of aryl methyl sites for hydroxylation is 1. The van der Waals surface area contributed by atoms with E-state index in [0.717, 1.165) is 12.8 Å². The molecule has 0 spiro atoms. The van der Waals surface area contributed by atoms with Gasteiger partial charge >= 0.3 is 0 Å². The summed E-state index contributed by atoms with van der Waals surface area (Å²) in [4.78, 5) is 32.6. The summed E-state index contributed by atoms with van der Waals surface area (Å²) in [5.41, 5.74) is 6.79. The van der Waals surface area contributed by atoms with Gasteiger partial charge in [-0.25, -0.2) is 24.3 Å². The Morgan fingerprint density at radius 2 is 2.00 bits per heavy atom. The Morgan fingerprint density at radius 1 is 1.23 bits per heavy atom. The highest BCUT2D eigenvalue weighted by molar-refractivity contribution is 5.94. The first-order chi connectivity index (χ1) is 16.5. The summed E-state index contributed by atoms with van der Waals surface area (Å²) in [6, 6.07) is 4.33. The molecule has 0 aliphatic carbocycles. The van der Waals surface area contributed by atoms with Crippen molar-refractivity contribution in [1.82, 2.24) is 34.4 Å². The number of carbonyl (C=O) groups is 1. The lowest BCUT2D eigenvalue weighted by Crippen LogP contribution is -2.45. The molecule has 1 amide bonds. The van der Waals surface area contributed by atoms with Crippen LogP contribution in [0.1, 0.15) is 67.2 Å². The third kappa shape index (κ3) is 4.05. The van der Waals surface area contributed by atoms with Crippen molar-refractivity contribution in [2.45, 2.75) is 58.1 Å². The fraction of sp³-hybridized carbons (Fsp3) is 0.417. The van der Waals surface area contributed by atoms with Crippen molar-refractivity contribution >= 4 is 28.4 Å². The average molecular weight is 479 g/mol. The molecule has 10 nitrogen and oxygen atoms in total. The van der Waals surface area contributed by atoms with Crippen LogP contribution in [-0.4, -0.2) is 58.1 Å². The van der Waals surface area contributed by atoms with E-state index in [9.17, 15) is 14.3 Å². The molecule has 35 heavy (non-hydrogen) atoms. The molecule has 11 heteroatoms. The van der Waals surface area contributed by atoms with E-state index in [2.05, 4.69) is 20.1 Å². The molecule has 4 aromatic rings. The Kier molecular flexibility index (Phi) is 5.39. The number of hydrogen-bond donors (Lipinski definition) is 2. The Labute approximate surface area is 201 Å². The summed E-state index contributed by atoms with van der Waals surface area (Å²) in [6.45, 7) is 7.29. The highest BCUT2D eigenvalue weighted by Crippen LogP contribution is 2.31. The quantitative estimate of drug-likeness (QED) is 0.459. The number of hydrogen-bond acceptors (Lipinski definition) is 8. The molecular weight excluding hydrogens is 451 g/mol. The second-order valence-corrected chi connectivity index (χ2v) is 9.70. The third-order valence-corrected chi connectivity index (χ3v) is 6.50. The van der Waals surface area contributed by atoms with E-state index in [0.29, 0.717) is 34.5 Å². The average Bonchev–Trinajstić information content (AvgIpc) is 3.26. The number of nitrogens with two attached hydrogens (primary N) is 1. The van der Waals surface area contributed by atoms with Gasteiger partial charge in [0.15, 0.2) is 17.3 Å². The van der Waals surface area contributed by atoms with Gasteiger partial charge in [-0.15, -0.1) is 5.10 Å². The summed E-state index contributed by atoms with van der Waals surface area (Å²) < 4.78 is 15.6. The lowest BCUT2D eigenvalue weighted by molar-refractivity contribution is 0.0584. The van der Waals surface area contributed by atoms with Gasteiger partial charge in [0.25, 0.3) is 5.91 Å². The van der Waals surface area contributed by atoms with Gasteiger partial charge in [-0.2, -0.15) is 4.52 Å². The highest BCUT2D eigenvalue weighted by atomic mass is 19.1. The largest absolute Gasteiger partial charge is 0.382 e. The van der Waals surface area contributed by atoms with Crippen LogP contribution in [0.3, 0.4) is 0 Å². The Bertz CT molecular complexity index is 1460. The molecule has 1 aliphatic rings. The Hall–Kier alpha value is -3.73. The number of aromatic nitrogens is 6. The predicted molar refractivity (Wildman–Crippen MR) is 127 cm³/mol. The minimum Gasteiger partial charge on any atom is -0.382 e. The number of rotatable bonds is 3. The zero-order chi connectivity index (χ0) is 25.1. The van der Waals surface area contributed by atoms with Crippen LogP contribution in [-0.2, 0) is 5.60 Å². The maximum Gasteiger partial charge on any atom is 0.272 e. The summed E-state index contributed by atoms with van der Waals surface area (Å²) in [7, 11) is 0. The third-order valence-electron chi connectivity index (χ3n) is 6.50. The summed E-state index contributed by atoms with van der Waals surface area (Å²) in [6.07, 6.45) is 3.00. The summed E-state index contributed by atoms with van der Waals surface area (Å²) in [5.74, 6) is 0.101. The van der Waals surface area contributed by atoms with E-state index < -0.39 is 5.60 Å². The first-order valence-electron chi connectivity index (χ1n) is 11.5. The van der Waals surface area contributed by atoms with Crippen LogP contribution in [0.2, 0.25) is 0 Å². The molecule has 2 atom stereocenters. The molecule has 1 aliphatic heterocycles. The molecule has 0 saturated carbocycles. The molecule has 4 heterocycles. The zero-order valence-corrected chi connectivity index (χ0v) is 20.0. The number of benzene rings is 1. The molecule has 182 valence electrons. The molecule has 5 rings (SSSR count). The number of fused-ring (bicyclic) bond motifs is 3. The van der Waals surface area contributed by atoms with E-state index in [1.165, 1.54) is 22.8 Å². The van der Waals surface area contributed by atoms with E-state index in [4.69, 9.17) is 10.7 Å². The first-order valence-corrected chi connectivity index (χ1v) is 11.5. The van der Waals surface area contributed by atoms with Crippen LogP contribution >= 0.6 is 0 Å². The zero-order valence-electron chi connectivity index (χ0n) is 20.0. The van der Waals surface area contributed by atoms with Crippen molar-refractivity contribution in [3.63, 3.8) is 0 Å². The number of nitrogen functional groups attached to an aromatic ring is 1. The molecular formula is C24H27FN8O2. The number of aliphatic hydroxyl groups is 1. The second kappa shape index (κ2) is 8.19. The number of anilines is 1. The smallest absolute Gasteiger partial charge is 0.272 e. The van der Waals surface area contributed by atoms with E-state index in [1.54, 1.807) is 31.7 Å². The van der Waals surface area contributed by atoms with Crippen LogP contribution in [0, 0.1) is 12.7 Å². The molecule has 3 N–H and O–H groups in total. The predicted octanol–water partition coefficient (Wildman–Crippen LogP) is 2.73. The lowest BCUT2D eigenvalue weighted by Gasteiger charge is -2.37. The SMILES string of the molecule is Cc1cc(F)cc2c1nc(N)n1nc([C@@H]3CC[C@H](C)N(C(=O)c4ccnc(C(C)(C)O)n4)C3)nc21. The maximum atomic E-state index is 14.1. The van der Waals surface area contributed by atoms with Crippen molar-refractivity contribution in [3.8, 4) is 0 Å². The van der Waals surface area contributed by atoms with Crippen LogP contribution in [0.5, 0.6) is 0 Å². The van der Waals surface area contributed by atoms with Crippen LogP contribution in [0.15, 0.2) is 24.4 Å². The van der Waals surface area contributed by atoms with Gasteiger partial charge < -0.3 is 15.7 Å². The molecule has 0 unspecified atom stereocenters. The number of nitrogens with zero attached hydrogens (tertiary/aromatic N) is 7. The number of likely N-dealkylation sites (tertiary alicyclic amines) is 1. The number of carbonyl (C=O) groups excluding carboxylic acids is 1. The van der Waals surface area contributed by atoms with E-state index in [1.807, 2.05) is 6.92 Å². The van der Waals surface area contributed by atoms with Gasteiger partial charge in [0.1, 0.15) is 17.1 Å². The van der Waals surface area contributed by atoms with Gasteiger partial charge in [0, 0.05) is 30.1 Å². The van der Waals surface area contributed by atoms with Crippen LogP contribution in [0.4, 0.5) is 10.3 Å². The van der Waals surface area contributed by atoms with Crippen molar-refractivity contribution < 1.29 is 14.3 Å². The van der Waals surface area contributed by atoms with Crippen molar-refractivity contribution in [1.29, 1.82) is 0 Å². The maximum absolute atomic E-state index is 14.1. The van der Waals surface area contributed by atoms with Crippen LogP contribution in [0.25, 0.3) is 16.6 Å². The van der Waals surface area contributed by atoms with Gasteiger partial charge in [0.2, 0.25) is 5.95 Å². The lowest BCUT2D eigenvalue weighted by atomic mass is 9.92. The number of amides is 1. The molecule has 1 fully saturated rings. The van der Waals surface area contributed by atoms with Crippen molar-refractivity contribution in [2.24, 2.45) is 0 Å². The second-order valence-electron chi connectivity index (χ2n) is 9.70. The monoisotopic (exact) mass is 478 g/mol. The molecule has 1 aromatic carbocycles. The van der Waals surface area contributed by atoms with Crippen LogP contribution < -0.4 is 5.73 Å². The van der Waals surface area contributed by atoms with Crippen molar-refractivity contribution in [3.05, 3.63) is 53.1 Å². The molecule has 1 saturated heterocycles. The fourth-order valence-corrected chi connectivity index (χ4v) is 4.57. The Balaban J connectivity index is 1.50. The topological polar surface area (TPSA) is 135 Å². The summed E-state index contributed by atoms with van der Waals surface area (Å²) in [5, 5.41) is 15.4. The van der Waals surface area contributed by atoms with Gasteiger partial charge in [0.05, 0.1) is 5.52 Å². The first kappa shape index (κ1) is 23.0. The van der Waals surface area contributed by atoms with Gasteiger partial charge in [-0.05, 0) is 64.3 Å². The minimum absolute atomic E-state index is 0.0133. The van der Waals surface area contributed by atoms with E-state index >= 15 is 0 Å². The minimum atomic E-state index is -1.26. The van der Waals surface area contributed by atoms with E-state index in [-0.39, 0.29) is 41.2 Å². The standard InChI is InChI=1S/C24H27FN8O2/c1-12-9-15(25)10-16-18(12)29-23(26)33-20(16)30-19(31-33)14-6-5-13(2)32(11-14)21(34)17-7-8-27-22(28-17)24(3,4)35/h7-10,13-14,35H,5-6,11H2,1-4H3,(H2,26,29)/t13-,14+/m0/s1. The fourth-order valence-electron chi connectivity index (χ4n) is 4.57. The molecule has 0 radical (unpaired) electrons. The number of piperidine rings is 1. The number of halogens is 1. The molecule has 3 aromatic heterocycles. The normalized spacial score (nSPS) is 19.0. The van der Waals surface area contributed by atoms with Crippen molar-refractivity contribution in [2.75, 3.05) is 12.3 Å².